The van der Waals surface area contributed by atoms with Crippen molar-refractivity contribution >= 4 is 21.8 Å². The Hall–Kier alpha value is -8.01. The summed E-state index contributed by atoms with van der Waals surface area (Å²) in [7, 11) is 0. The summed E-state index contributed by atoms with van der Waals surface area (Å²) in [4.78, 5) is 19.9. The van der Waals surface area contributed by atoms with Crippen LogP contribution in [-0.2, 0) is 5.41 Å². The summed E-state index contributed by atoms with van der Waals surface area (Å²) >= 11 is 0. The second kappa shape index (κ2) is 13.8. The van der Waals surface area contributed by atoms with Crippen LogP contribution in [0.1, 0.15) is 30.5 Å². The van der Waals surface area contributed by atoms with Crippen LogP contribution < -0.4 is 0 Å². The maximum Gasteiger partial charge on any atom is 0.164 e. The van der Waals surface area contributed by atoms with Gasteiger partial charge in [0.1, 0.15) is 0 Å². The fourth-order valence-corrected chi connectivity index (χ4v) is 8.94. The fourth-order valence-electron chi connectivity index (χ4n) is 8.94. The molecule has 0 unspecified atom stereocenters. The van der Waals surface area contributed by atoms with Crippen molar-refractivity contribution < 1.29 is 0 Å². The minimum atomic E-state index is -0.277. The first-order chi connectivity index (χ1) is 29.4. The monoisotopic (exact) mass is 768 g/mol. The van der Waals surface area contributed by atoms with Gasteiger partial charge in [-0.2, -0.15) is 5.26 Å². The zero-order valence-corrected chi connectivity index (χ0v) is 33.0. The lowest BCUT2D eigenvalue weighted by atomic mass is 9.81. The summed E-state index contributed by atoms with van der Waals surface area (Å²) < 4.78 is 2.32. The van der Waals surface area contributed by atoms with E-state index in [1.54, 1.807) is 0 Å². The third-order valence-electron chi connectivity index (χ3n) is 12.0. The van der Waals surface area contributed by atoms with Crippen LogP contribution in [0.15, 0.2) is 182 Å². The molecule has 7 aromatic carbocycles. The first-order valence-electron chi connectivity index (χ1n) is 20.1. The van der Waals surface area contributed by atoms with Gasteiger partial charge in [-0.25, -0.2) is 15.0 Å². The van der Waals surface area contributed by atoms with Gasteiger partial charge in [-0.05, 0) is 129 Å². The van der Waals surface area contributed by atoms with Crippen molar-refractivity contribution in [3.8, 4) is 79.3 Å². The fraction of sp³-hybridized carbons (Fsp3) is 0.0556. The predicted octanol–water partition coefficient (Wildman–Crippen LogP) is 12.9. The zero-order chi connectivity index (χ0) is 40.4. The van der Waals surface area contributed by atoms with E-state index in [-0.39, 0.29) is 5.41 Å². The molecule has 0 aliphatic heterocycles. The van der Waals surface area contributed by atoms with Crippen molar-refractivity contribution in [1.82, 2.24) is 24.5 Å². The van der Waals surface area contributed by atoms with Gasteiger partial charge in [0.05, 0.1) is 22.7 Å². The summed E-state index contributed by atoms with van der Waals surface area (Å²) in [5.41, 5.74) is 15.5. The number of nitriles is 1. The van der Waals surface area contributed by atoms with Gasteiger partial charge >= 0.3 is 0 Å². The van der Waals surface area contributed by atoms with Crippen molar-refractivity contribution in [3.05, 3.63) is 199 Å². The van der Waals surface area contributed by atoms with E-state index in [9.17, 15) is 5.26 Å². The van der Waals surface area contributed by atoms with E-state index in [0.29, 0.717) is 23.0 Å². The molecular weight excluding hydrogens is 733 g/mol. The maximum absolute atomic E-state index is 9.70. The second-order valence-corrected chi connectivity index (χ2v) is 15.9. The molecule has 10 aromatic rings. The molecule has 3 aromatic heterocycles. The first-order valence-corrected chi connectivity index (χ1v) is 20.1. The average molecular weight is 769 g/mol. The molecular formula is C54H36N6. The summed E-state index contributed by atoms with van der Waals surface area (Å²) in [6.07, 6.45) is 3.65. The Labute approximate surface area is 347 Å². The molecule has 0 N–H and O–H groups in total. The maximum atomic E-state index is 9.70. The number of nitrogens with zero attached hydrogens (tertiary/aromatic N) is 6. The van der Waals surface area contributed by atoms with Gasteiger partial charge in [-0.1, -0.05) is 98.8 Å². The molecule has 11 rings (SSSR count). The molecule has 0 atom stereocenters. The van der Waals surface area contributed by atoms with Gasteiger partial charge in [0.2, 0.25) is 0 Å². The van der Waals surface area contributed by atoms with E-state index in [0.717, 1.165) is 66.4 Å². The molecule has 0 saturated heterocycles. The van der Waals surface area contributed by atoms with E-state index in [1.165, 1.54) is 22.3 Å². The Morgan fingerprint density at radius 1 is 0.450 bits per heavy atom. The SMILES string of the molecule is CC1(C)c2cc(C#N)ccc2-c2ccc(-c3cc(-c4ccncc4)cc(-c4nc(-c5ccccc5)nc(-c5ccc6c(c5)c5ccccc5n6-c5ccccc5)n4)c3)cc21. The highest BCUT2D eigenvalue weighted by Crippen LogP contribution is 2.50. The summed E-state index contributed by atoms with van der Waals surface area (Å²) in [5.74, 6) is 1.79. The van der Waals surface area contributed by atoms with Crippen LogP contribution >= 0.6 is 0 Å². The molecule has 1 aliphatic rings. The van der Waals surface area contributed by atoms with Crippen LogP contribution in [0.3, 0.4) is 0 Å². The third kappa shape index (κ3) is 5.79. The van der Waals surface area contributed by atoms with Gasteiger partial charge in [0.25, 0.3) is 0 Å². The van der Waals surface area contributed by atoms with E-state index < -0.39 is 0 Å². The van der Waals surface area contributed by atoms with Crippen LogP contribution in [-0.4, -0.2) is 24.5 Å². The molecule has 6 nitrogen and oxygen atoms in total. The molecule has 6 heteroatoms. The molecule has 0 bridgehead atoms. The van der Waals surface area contributed by atoms with Crippen molar-refractivity contribution in [3.63, 3.8) is 0 Å². The quantitative estimate of drug-likeness (QED) is 0.168. The van der Waals surface area contributed by atoms with Gasteiger partial charge in [0.15, 0.2) is 17.5 Å². The lowest BCUT2D eigenvalue weighted by Gasteiger charge is -2.22. The minimum Gasteiger partial charge on any atom is -0.309 e. The topological polar surface area (TPSA) is 80.3 Å². The van der Waals surface area contributed by atoms with E-state index in [1.807, 2.05) is 73.1 Å². The van der Waals surface area contributed by atoms with Crippen molar-refractivity contribution in [2.45, 2.75) is 19.3 Å². The van der Waals surface area contributed by atoms with E-state index >= 15 is 0 Å². The van der Waals surface area contributed by atoms with Crippen LogP contribution in [0.2, 0.25) is 0 Å². The molecule has 60 heavy (non-hydrogen) atoms. The van der Waals surface area contributed by atoms with Crippen molar-refractivity contribution in [2.75, 3.05) is 0 Å². The molecule has 282 valence electrons. The number of pyridine rings is 1. The minimum absolute atomic E-state index is 0.277. The highest BCUT2D eigenvalue weighted by molar-refractivity contribution is 6.10. The Balaban J connectivity index is 1.10. The largest absolute Gasteiger partial charge is 0.309 e. The van der Waals surface area contributed by atoms with Gasteiger partial charge in [-0.15, -0.1) is 0 Å². The lowest BCUT2D eigenvalue weighted by molar-refractivity contribution is 0.660. The molecule has 0 amide bonds. The number of aromatic nitrogens is 5. The van der Waals surface area contributed by atoms with Gasteiger partial charge in [-0.3, -0.25) is 4.98 Å². The Bertz CT molecular complexity index is 3340. The Kier molecular flexibility index (Phi) is 8.11. The van der Waals surface area contributed by atoms with E-state index in [2.05, 4.69) is 139 Å². The number of hydrogen-bond donors (Lipinski definition) is 0. The number of para-hydroxylation sites is 2. The number of benzene rings is 7. The van der Waals surface area contributed by atoms with Crippen molar-refractivity contribution in [1.29, 1.82) is 5.26 Å². The number of hydrogen-bond acceptors (Lipinski definition) is 5. The third-order valence-corrected chi connectivity index (χ3v) is 12.0. The van der Waals surface area contributed by atoms with Gasteiger partial charge < -0.3 is 4.57 Å². The Morgan fingerprint density at radius 3 is 1.78 bits per heavy atom. The molecule has 0 radical (unpaired) electrons. The molecule has 0 spiro atoms. The lowest BCUT2D eigenvalue weighted by Crippen LogP contribution is -2.15. The number of rotatable bonds is 6. The van der Waals surface area contributed by atoms with Crippen LogP contribution in [0.25, 0.3) is 95.0 Å². The predicted molar refractivity (Wildman–Crippen MR) is 241 cm³/mol. The molecule has 0 saturated carbocycles. The first kappa shape index (κ1) is 35.2. The van der Waals surface area contributed by atoms with Crippen LogP contribution in [0.4, 0.5) is 0 Å². The normalized spacial score (nSPS) is 12.6. The summed E-state index contributed by atoms with van der Waals surface area (Å²) in [5, 5.41) is 12.0. The highest BCUT2D eigenvalue weighted by Gasteiger charge is 2.36. The van der Waals surface area contributed by atoms with Crippen LogP contribution in [0, 0.1) is 11.3 Å². The average Bonchev–Trinajstić information content (AvgIpc) is 3.76. The van der Waals surface area contributed by atoms with Crippen molar-refractivity contribution in [2.24, 2.45) is 0 Å². The Morgan fingerprint density at radius 2 is 1.03 bits per heavy atom. The van der Waals surface area contributed by atoms with E-state index in [4.69, 9.17) is 15.0 Å². The van der Waals surface area contributed by atoms with Crippen LogP contribution in [0.5, 0.6) is 0 Å². The van der Waals surface area contributed by atoms with Gasteiger partial charge in [0, 0.05) is 51.0 Å². The molecule has 0 fully saturated rings. The molecule has 3 heterocycles. The molecule has 1 aliphatic carbocycles. The highest BCUT2D eigenvalue weighted by atomic mass is 15.0. The second-order valence-electron chi connectivity index (χ2n) is 15.9. The smallest absolute Gasteiger partial charge is 0.164 e. The number of fused-ring (bicyclic) bond motifs is 6. The standard InChI is InChI=1S/C54H36N6/c1-54(2)47-27-34(33-55)17-20-43(47)44-21-18-37(32-48(44)54)40-28-39(35-23-25-56-26-24-35)29-41(30-40)53-58-51(36-11-5-3-6-12-36)57-52(59-53)38-19-22-50-46(31-38)45-15-9-10-16-49(45)60(50)42-13-7-4-8-14-42/h3-32H,1-2H3. The zero-order valence-electron chi connectivity index (χ0n) is 33.0. The summed E-state index contributed by atoms with van der Waals surface area (Å²) in [6.45, 7) is 4.49. The summed E-state index contributed by atoms with van der Waals surface area (Å²) in [6, 6.07) is 61.5.